The summed E-state index contributed by atoms with van der Waals surface area (Å²) < 4.78 is 0. The van der Waals surface area contributed by atoms with Crippen molar-refractivity contribution in [1.29, 1.82) is 0 Å². The molecule has 0 bridgehead atoms. The van der Waals surface area contributed by atoms with Crippen LogP contribution in [0.25, 0.3) is 0 Å². The zero-order valence-corrected chi connectivity index (χ0v) is 11.5. The maximum Gasteiger partial charge on any atom is 0.263 e. The topological polar surface area (TPSA) is 42.0 Å². The van der Waals surface area contributed by atoms with Gasteiger partial charge in [0, 0.05) is 11.4 Å². The molecule has 1 heterocycles. The van der Waals surface area contributed by atoms with Crippen LogP contribution in [0.5, 0.6) is 0 Å². The van der Waals surface area contributed by atoms with E-state index in [4.69, 9.17) is 0 Å². The summed E-state index contributed by atoms with van der Waals surface area (Å²) in [6.07, 6.45) is 0.933. The predicted octanol–water partition coefficient (Wildman–Crippen LogP) is 2.66. The number of carbonyl (C=O) groups is 1. The van der Waals surface area contributed by atoms with Crippen LogP contribution in [0, 0.1) is 13.8 Å². The number of hydrogen-bond acceptors (Lipinski definition) is 3. The van der Waals surface area contributed by atoms with Gasteiger partial charge in [0.05, 0.1) is 10.7 Å². The number of alkyl halides is 1. The lowest BCUT2D eigenvalue weighted by atomic mass is 10.2. The Morgan fingerprint density at radius 3 is 2.73 bits per heavy atom. The van der Waals surface area contributed by atoms with Crippen molar-refractivity contribution in [3.05, 3.63) is 15.6 Å². The highest BCUT2D eigenvalue weighted by Gasteiger charge is 2.15. The largest absolute Gasteiger partial charge is 0.349 e. The SMILES string of the molecule is Cc1nc(C)c(C(=O)NC(C)CCBr)s1. The third-order valence-corrected chi connectivity index (χ3v) is 3.56. The molecule has 15 heavy (non-hydrogen) atoms. The summed E-state index contributed by atoms with van der Waals surface area (Å²) in [7, 11) is 0. The molecule has 5 heteroatoms. The van der Waals surface area contributed by atoms with Gasteiger partial charge in [-0.3, -0.25) is 4.79 Å². The quantitative estimate of drug-likeness (QED) is 0.867. The molecule has 0 saturated heterocycles. The zero-order valence-electron chi connectivity index (χ0n) is 9.13. The smallest absolute Gasteiger partial charge is 0.263 e. The van der Waals surface area contributed by atoms with E-state index in [1.165, 1.54) is 11.3 Å². The fraction of sp³-hybridized carbons (Fsp3) is 0.600. The Labute approximate surface area is 102 Å². The Balaban J connectivity index is 2.65. The van der Waals surface area contributed by atoms with Gasteiger partial charge in [-0.25, -0.2) is 4.98 Å². The summed E-state index contributed by atoms with van der Waals surface area (Å²) in [6.45, 7) is 5.78. The van der Waals surface area contributed by atoms with Gasteiger partial charge in [-0.2, -0.15) is 0 Å². The second-order valence-electron chi connectivity index (χ2n) is 3.50. The Kier molecular flexibility index (Phi) is 4.73. The highest BCUT2D eigenvalue weighted by molar-refractivity contribution is 9.09. The maximum absolute atomic E-state index is 11.8. The molecular weight excluding hydrogens is 276 g/mol. The summed E-state index contributed by atoms with van der Waals surface area (Å²) in [5, 5.41) is 4.79. The van der Waals surface area contributed by atoms with Crippen LogP contribution < -0.4 is 5.32 Å². The number of rotatable bonds is 4. The van der Waals surface area contributed by atoms with Crippen LogP contribution in [0.1, 0.15) is 33.7 Å². The average Bonchev–Trinajstić information content (AvgIpc) is 2.45. The van der Waals surface area contributed by atoms with Crippen molar-refractivity contribution in [2.75, 3.05) is 5.33 Å². The minimum absolute atomic E-state index is 0.00782. The molecule has 0 radical (unpaired) electrons. The van der Waals surface area contributed by atoms with Crippen molar-refractivity contribution in [3.8, 4) is 0 Å². The monoisotopic (exact) mass is 290 g/mol. The minimum atomic E-state index is -0.00782. The van der Waals surface area contributed by atoms with Gasteiger partial charge in [-0.1, -0.05) is 15.9 Å². The van der Waals surface area contributed by atoms with Gasteiger partial charge in [0.2, 0.25) is 0 Å². The van der Waals surface area contributed by atoms with Crippen LogP contribution in [0.2, 0.25) is 0 Å². The van der Waals surface area contributed by atoms with Crippen molar-refractivity contribution < 1.29 is 4.79 Å². The van der Waals surface area contributed by atoms with E-state index in [2.05, 4.69) is 26.2 Å². The average molecular weight is 291 g/mol. The molecular formula is C10H15BrN2OS. The number of thiazole rings is 1. The summed E-state index contributed by atoms with van der Waals surface area (Å²) in [5.74, 6) is -0.00782. The molecule has 0 spiro atoms. The molecule has 0 aliphatic rings. The van der Waals surface area contributed by atoms with Crippen molar-refractivity contribution in [1.82, 2.24) is 10.3 Å². The molecule has 1 unspecified atom stereocenters. The molecule has 1 atom stereocenters. The molecule has 0 aliphatic heterocycles. The molecule has 1 rings (SSSR count). The maximum atomic E-state index is 11.8. The Hall–Kier alpha value is -0.420. The van der Waals surface area contributed by atoms with Crippen LogP contribution >= 0.6 is 27.3 Å². The normalized spacial score (nSPS) is 12.5. The standard InChI is InChI=1S/C10H15BrN2OS/c1-6(4-5-11)12-10(14)9-7(2)13-8(3)15-9/h6H,4-5H2,1-3H3,(H,12,14). The highest BCUT2D eigenvalue weighted by atomic mass is 79.9. The van der Waals surface area contributed by atoms with Gasteiger partial charge in [0.25, 0.3) is 5.91 Å². The lowest BCUT2D eigenvalue weighted by Crippen LogP contribution is -2.32. The fourth-order valence-corrected chi connectivity index (χ4v) is 2.78. The summed E-state index contributed by atoms with van der Waals surface area (Å²) in [6, 6.07) is 0.193. The second kappa shape index (κ2) is 5.61. The number of carbonyl (C=O) groups excluding carboxylic acids is 1. The minimum Gasteiger partial charge on any atom is -0.349 e. The van der Waals surface area contributed by atoms with Crippen molar-refractivity contribution in [2.24, 2.45) is 0 Å². The third kappa shape index (κ3) is 3.57. The van der Waals surface area contributed by atoms with E-state index in [1.54, 1.807) is 0 Å². The van der Waals surface area contributed by atoms with Crippen LogP contribution in [-0.4, -0.2) is 22.3 Å². The summed E-state index contributed by atoms with van der Waals surface area (Å²) in [5.41, 5.74) is 0.820. The molecule has 0 aliphatic carbocycles. The molecule has 1 N–H and O–H groups in total. The molecule has 1 aromatic rings. The van der Waals surface area contributed by atoms with Crippen LogP contribution in [0.15, 0.2) is 0 Å². The Morgan fingerprint density at radius 2 is 2.27 bits per heavy atom. The number of nitrogens with zero attached hydrogens (tertiary/aromatic N) is 1. The molecule has 0 saturated carbocycles. The summed E-state index contributed by atoms with van der Waals surface area (Å²) >= 11 is 4.80. The third-order valence-electron chi connectivity index (χ3n) is 2.03. The first kappa shape index (κ1) is 12.6. The highest BCUT2D eigenvalue weighted by Crippen LogP contribution is 2.17. The second-order valence-corrected chi connectivity index (χ2v) is 5.50. The van der Waals surface area contributed by atoms with Crippen LogP contribution in [0.3, 0.4) is 0 Å². The molecule has 1 amide bonds. The van der Waals surface area contributed by atoms with E-state index in [-0.39, 0.29) is 11.9 Å². The number of nitrogens with one attached hydrogen (secondary N) is 1. The van der Waals surface area contributed by atoms with Crippen molar-refractivity contribution in [2.45, 2.75) is 33.2 Å². The lowest BCUT2D eigenvalue weighted by molar-refractivity contribution is 0.0943. The first-order valence-corrected chi connectivity index (χ1v) is 6.79. The molecule has 0 aromatic carbocycles. The fourth-order valence-electron chi connectivity index (χ4n) is 1.27. The first-order valence-electron chi connectivity index (χ1n) is 4.85. The van der Waals surface area contributed by atoms with Crippen LogP contribution in [0.4, 0.5) is 0 Å². The van der Waals surface area contributed by atoms with E-state index in [9.17, 15) is 4.79 Å². The Bertz CT molecular complexity index is 351. The molecule has 1 aromatic heterocycles. The van der Waals surface area contributed by atoms with Gasteiger partial charge in [0.1, 0.15) is 4.88 Å². The number of aryl methyl sites for hydroxylation is 2. The lowest BCUT2D eigenvalue weighted by Gasteiger charge is -2.11. The van der Waals surface area contributed by atoms with E-state index >= 15 is 0 Å². The van der Waals surface area contributed by atoms with E-state index < -0.39 is 0 Å². The van der Waals surface area contributed by atoms with Crippen molar-refractivity contribution in [3.63, 3.8) is 0 Å². The summed E-state index contributed by atoms with van der Waals surface area (Å²) in [4.78, 5) is 16.8. The van der Waals surface area contributed by atoms with Gasteiger partial charge in [-0.05, 0) is 27.2 Å². The van der Waals surface area contributed by atoms with Gasteiger partial charge < -0.3 is 5.32 Å². The molecule has 0 fully saturated rings. The van der Waals surface area contributed by atoms with Gasteiger partial charge in [-0.15, -0.1) is 11.3 Å². The van der Waals surface area contributed by atoms with E-state index in [1.807, 2.05) is 20.8 Å². The van der Waals surface area contributed by atoms with E-state index in [0.29, 0.717) is 0 Å². The predicted molar refractivity (Wildman–Crippen MR) is 66.9 cm³/mol. The molecule has 84 valence electrons. The first-order chi connectivity index (χ1) is 7.04. The van der Waals surface area contributed by atoms with Crippen molar-refractivity contribution >= 4 is 33.2 Å². The number of hydrogen-bond donors (Lipinski definition) is 1. The van der Waals surface area contributed by atoms with E-state index in [0.717, 1.165) is 27.3 Å². The number of aromatic nitrogens is 1. The van der Waals surface area contributed by atoms with Gasteiger partial charge >= 0.3 is 0 Å². The van der Waals surface area contributed by atoms with Gasteiger partial charge in [0.15, 0.2) is 0 Å². The zero-order chi connectivity index (χ0) is 11.4. The molecule has 3 nitrogen and oxygen atoms in total. The number of amides is 1. The Morgan fingerprint density at radius 1 is 1.60 bits per heavy atom. The number of halogens is 1. The van der Waals surface area contributed by atoms with Crippen LogP contribution in [-0.2, 0) is 0 Å².